The molecule has 0 saturated carbocycles. The fraction of sp³-hybridized carbons (Fsp3) is 0.100. The van der Waals surface area contributed by atoms with E-state index < -0.39 is 20.9 Å². The van der Waals surface area contributed by atoms with Gasteiger partial charge in [0.1, 0.15) is 0 Å². The van der Waals surface area contributed by atoms with Gasteiger partial charge in [-0.15, -0.1) is 0 Å². The van der Waals surface area contributed by atoms with Crippen LogP contribution in [0.3, 0.4) is 0 Å². The SMILES string of the molecule is CCn1cc(NC(=O)c2ccccc2NS(=O)(=O)c2cccc([N+](=O)[O-])c2)ccc1=O. The molecular weight excluding hydrogens is 424 g/mol. The quantitative estimate of drug-likeness (QED) is 0.426. The van der Waals surface area contributed by atoms with E-state index in [2.05, 4.69) is 10.0 Å². The summed E-state index contributed by atoms with van der Waals surface area (Å²) in [5.41, 5.74) is -0.200. The Bertz CT molecular complexity index is 1320. The van der Waals surface area contributed by atoms with E-state index in [0.717, 1.165) is 6.07 Å². The van der Waals surface area contributed by atoms with Gasteiger partial charge in [0.05, 0.1) is 26.8 Å². The van der Waals surface area contributed by atoms with Crippen molar-refractivity contribution in [2.24, 2.45) is 0 Å². The number of nitro groups is 1. The molecule has 11 heteroatoms. The molecule has 0 aliphatic rings. The van der Waals surface area contributed by atoms with Crippen LogP contribution in [0.1, 0.15) is 17.3 Å². The molecule has 2 N–H and O–H groups in total. The lowest BCUT2D eigenvalue weighted by Gasteiger charge is -2.13. The molecule has 0 saturated heterocycles. The third kappa shape index (κ3) is 4.95. The largest absolute Gasteiger partial charge is 0.321 e. The number of amides is 1. The Labute approximate surface area is 177 Å². The van der Waals surface area contributed by atoms with Crippen LogP contribution in [0.15, 0.2) is 76.6 Å². The molecule has 10 nitrogen and oxygen atoms in total. The minimum absolute atomic E-state index is 0.00433. The lowest BCUT2D eigenvalue weighted by Crippen LogP contribution is -2.21. The Morgan fingerprint density at radius 2 is 1.84 bits per heavy atom. The number of anilines is 2. The second-order valence-corrected chi connectivity index (χ2v) is 8.08. The molecular formula is C20H18N4O6S. The van der Waals surface area contributed by atoms with E-state index in [4.69, 9.17) is 0 Å². The number of benzene rings is 2. The molecule has 0 atom stereocenters. The number of hydrogen-bond acceptors (Lipinski definition) is 6. The Balaban J connectivity index is 1.89. The second kappa shape index (κ2) is 8.79. The first kappa shape index (κ1) is 21.7. The monoisotopic (exact) mass is 442 g/mol. The maximum absolute atomic E-state index is 12.8. The first-order valence-corrected chi connectivity index (χ1v) is 10.6. The molecule has 0 bridgehead atoms. The third-order valence-corrected chi connectivity index (χ3v) is 5.70. The highest BCUT2D eigenvalue weighted by Gasteiger charge is 2.21. The minimum Gasteiger partial charge on any atom is -0.321 e. The highest BCUT2D eigenvalue weighted by atomic mass is 32.2. The number of nitro benzene ring substituents is 1. The highest BCUT2D eigenvalue weighted by Crippen LogP contribution is 2.23. The topological polar surface area (TPSA) is 140 Å². The molecule has 160 valence electrons. The molecule has 3 rings (SSSR count). The maximum Gasteiger partial charge on any atom is 0.270 e. The number of rotatable bonds is 7. The maximum atomic E-state index is 12.8. The molecule has 31 heavy (non-hydrogen) atoms. The number of aryl methyl sites for hydroxylation is 1. The number of sulfonamides is 1. The van der Waals surface area contributed by atoms with Crippen LogP contribution in [-0.2, 0) is 16.6 Å². The summed E-state index contributed by atoms with van der Waals surface area (Å²) in [5, 5.41) is 13.6. The molecule has 0 aliphatic carbocycles. The number of carbonyl (C=O) groups excluding carboxylic acids is 1. The van der Waals surface area contributed by atoms with Crippen molar-refractivity contribution in [2.45, 2.75) is 18.4 Å². The molecule has 1 aromatic heterocycles. The van der Waals surface area contributed by atoms with E-state index in [1.165, 1.54) is 53.2 Å². The van der Waals surface area contributed by atoms with Gasteiger partial charge >= 0.3 is 0 Å². The van der Waals surface area contributed by atoms with E-state index >= 15 is 0 Å². The van der Waals surface area contributed by atoms with E-state index in [9.17, 15) is 28.1 Å². The summed E-state index contributed by atoms with van der Waals surface area (Å²) in [6.07, 6.45) is 1.48. The number of nitrogens with zero attached hydrogens (tertiary/aromatic N) is 2. The van der Waals surface area contributed by atoms with Gasteiger partial charge in [-0.1, -0.05) is 18.2 Å². The van der Waals surface area contributed by atoms with E-state index in [0.29, 0.717) is 12.2 Å². The van der Waals surface area contributed by atoms with Gasteiger partial charge in [-0.2, -0.15) is 0 Å². The molecule has 3 aromatic rings. The zero-order valence-corrected chi connectivity index (χ0v) is 17.1. The molecule has 1 amide bonds. The van der Waals surface area contributed by atoms with Crippen molar-refractivity contribution < 1.29 is 18.1 Å². The van der Waals surface area contributed by atoms with E-state index in [-0.39, 0.29) is 27.4 Å². The Kier molecular flexibility index (Phi) is 6.16. The van der Waals surface area contributed by atoms with Gasteiger partial charge in [0.2, 0.25) is 0 Å². The summed E-state index contributed by atoms with van der Waals surface area (Å²) >= 11 is 0. The van der Waals surface area contributed by atoms with Crippen molar-refractivity contribution in [3.05, 3.63) is 92.9 Å². The van der Waals surface area contributed by atoms with Crippen LogP contribution in [0.5, 0.6) is 0 Å². The number of nitrogens with one attached hydrogen (secondary N) is 2. The standard InChI is InChI=1S/C20H18N4O6S/c1-2-23-13-14(10-11-19(23)25)21-20(26)17-8-3-4-9-18(17)22-31(29,30)16-7-5-6-15(12-16)24(27)28/h3-13,22H,2H2,1H3,(H,21,26). The van der Waals surface area contributed by atoms with Crippen molar-refractivity contribution in [2.75, 3.05) is 10.0 Å². The normalized spacial score (nSPS) is 11.0. The van der Waals surface area contributed by atoms with Crippen LogP contribution in [0.2, 0.25) is 0 Å². The zero-order valence-electron chi connectivity index (χ0n) is 16.3. The van der Waals surface area contributed by atoms with Crippen LogP contribution in [0.25, 0.3) is 0 Å². The molecule has 0 spiro atoms. The van der Waals surface area contributed by atoms with E-state index in [1.807, 2.05) is 0 Å². The first-order chi connectivity index (χ1) is 14.7. The first-order valence-electron chi connectivity index (χ1n) is 9.09. The van der Waals surface area contributed by atoms with Gasteiger partial charge in [-0.05, 0) is 31.2 Å². The summed E-state index contributed by atoms with van der Waals surface area (Å²) in [7, 11) is -4.19. The predicted octanol–water partition coefficient (Wildman–Crippen LogP) is 2.83. The van der Waals surface area contributed by atoms with Crippen molar-refractivity contribution in [3.63, 3.8) is 0 Å². The van der Waals surface area contributed by atoms with Crippen LogP contribution < -0.4 is 15.6 Å². The molecule has 0 aliphatic heterocycles. The van der Waals surface area contributed by atoms with Gasteiger partial charge in [-0.3, -0.25) is 24.4 Å². The molecule has 0 unspecified atom stereocenters. The van der Waals surface area contributed by atoms with Crippen molar-refractivity contribution in [1.29, 1.82) is 0 Å². The summed E-state index contributed by atoms with van der Waals surface area (Å²) in [4.78, 5) is 34.4. The minimum atomic E-state index is -4.19. The summed E-state index contributed by atoms with van der Waals surface area (Å²) in [5.74, 6) is -0.598. The molecule has 0 fully saturated rings. The Hall–Kier alpha value is -3.99. The number of aromatic nitrogens is 1. The zero-order chi connectivity index (χ0) is 22.6. The lowest BCUT2D eigenvalue weighted by atomic mass is 10.1. The third-order valence-electron chi connectivity index (χ3n) is 4.34. The fourth-order valence-electron chi connectivity index (χ4n) is 2.79. The average Bonchev–Trinajstić information content (AvgIpc) is 2.75. The Morgan fingerprint density at radius 1 is 1.10 bits per heavy atom. The summed E-state index contributed by atoms with van der Waals surface area (Å²) in [6.45, 7) is 2.20. The lowest BCUT2D eigenvalue weighted by molar-refractivity contribution is -0.385. The van der Waals surface area contributed by atoms with Crippen LogP contribution in [0.4, 0.5) is 17.1 Å². The van der Waals surface area contributed by atoms with Gasteiger partial charge in [0.15, 0.2) is 0 Å². The van der Waals surface area contributed by atoms with Gasteiger partial charge in [0, 0.05) is 30.9 Å². The molecule has 2 aromatic carbocycles. The van der Waals surface area contributed by atoms with E-state index in [1.54, 1.807) is 19.1 Å². The highest BCUT2D eigenvalue weighted by molar-refractivity contribution is 7.92. The Morgan fingerprint density at radius 3 is 2.55 bits per heavy atom. The smallest absolute Gasteiger partial charge is 0.270 e. The average molecular weight is 442 g/mol. The molecule has 1 heterocycles. The summed E-state index contributed by atoms with van der Waals surface area (Å²) in [6, 6.07) is 13.3. The number of carbonyl (C=O) groups is 1. The number of hydrogen-bond donors (Lipinski definition) is 2. The fourth-order valence-corrected chi connectivity index (χ4v) is 3.91. The number of para-hydroxylation sites is 1. The van der Waals surface area contributed by atoms with Crippen LogP contribution in [0, 0.1) is 10.1 Å². The predicted molar refractivity (Wildman–Crippen MR) is 115 cm³/mol. The second-order valence-electron chi connectivity index (χ2n) is 6.40. The molecule has 0 radical (unpaired) electrons. The number of non-ortho nitro benzene ring substituents is 1. The van der Waals surface area contributed by atoms with Crippen molar-refractivity contribution in [1.82, 2.24) is 4.57 Å². The number of pyridine rings is 1. The van der Waals surface area contributed by atoms with Crippen LogP contribution >= 0.6 is 0 Å². The summed E-state index contributed by atoms with van der Waals surface area (Å²) < 4.78 is 29.2. The van der Waals surface area contributed by atoms with Gasteiger partial charge in [-0.25, -0.2) is 8.42 Å². The van der Waals surface area contributed by atoms with Gasteiger partial charge < -0.3 is 9.88 Å². The van der Waals surface area contributed by atoms with Crippen molar-refractivity contribution >= 4 is 33.0 Å². The van der Waals surface area contributed by atoms with Crippen molar-refractivity contribution in [3.8, 4) is 0 Å². The van der Waals surface area contributed by atoms with Gasteiger partial charge in [0.25, 0.3) is 27.2 Å². The van der Waals surface area contributed by atoms with Crippen LogP contribution in [-0.4, -0.2) is 23.8 Å².